The average Bonchev–Trinajstić information content (AvgIpc) is 3.67. The molecule has 0 bridgehead atoms. The van der Waals surface area contributed by atoms with Crippen LogP contribution >= 0.6 is 0 Å². The van der Waals surface area contributed by atoms with E-state index in [2.05, 4.69) is 12.1 Å². The van der Waals surface area contributed by atoms with E-state index in [1.807, 2.05) is 84.3 Å². The molecule has 3 aliphatic rings. The lowest BCUT2D eigenvalue weighted by Crippen LogP contribution is -2.60. The number of pyridine rings is 2. The first kappa shape index (κ1) is 26.0. The number of hydrogen-bond acceptors (Lipinski definition) is 6. The molecule has 0 N–H and O–H groups in total. The van der Waals surface area contributed by atoms with E-state index < -0.39 is 0 Å². The van der Waals surface area contributed by atoms with Crippen molar-refractivity contribution < 1.29 is 9.59 Å². The molecule has 3 aliphatic heterocycles. The van der Waals surface area contributed by atoms with Gasteiger partial charge in [0.2, 0.25) is 0 Å². The molecule has 0 spiro atoms. The van der Waals surface area contributed by atoms with Crippen LogP contribution in [0.3, 0.4) is 0 Å². The molecule has 42 heavy (non-hydrogen) atoms. The minimum Gasteiger partial charge on any atom is -0.331 e. The van der Waals surface area contributed by atoms with Crippen LogP contribution in [0.2, 0.25) is 0 Å². The van der Waals surface area contributed by atoms with E-state index in [1.54, 1.807) is 12.1 Å². The van der Waals surface area contributed by atoms with Crippen LogP contribution in [0.15, 0.2) is 94.9 Å². The lowest BCUT2D eigenvalue weighted by Gasteiger charge is -2.44. The molecule has 5 heterocycles. The van der Waals surface area contributed by atoms with Crippen molar-refractivity contribution in [2.24, 2.45) is 9.98 Å². The highest BCUT2D eigenvalue weighted by Gasteiger charge is 2.37. The topological polar surface area (TPSA) is 91.1 Å². The Morgan fingerprint density at radius 2 is 1.02 bits per heavy atom. The van der Waals surface area contributed by atoms with Crippen LogP contribution in [0.4, 0.5) is 11.4 Å². The van der Waals surface area contributed by atoms with Crippen molar-refractivity contribution in [2.45, 2.75) is 38.8 Å². The van der Waals surface area contributed by atoms with Gasteiger partial charge in [-0.15, -0.1) is 0 Å². The van der Waals surface area contributed by atoms with Gasteiger partial charge in [0.25, 0.3) is 11.8 Å². The summed E-state index contributed by atoms with van der Waals surface area (Å²) in [6.07, 6.45) is 1.40. The van der Waals surface area contributed by atoms with E-state index in [1.165, 1.54) is 0 Å². The summed E-state index contributed by atoms with van der Waals surface area (Å²) < 4.78 is 0. The predicted molar refractivity (Wildman–Crippen MR) is 162 cm³/mol. The fraction of sp³-hybridized carbons (Fsp3) is 0.235. The Hall–Kier alpha value is -4.98. The van der Waals surface area contributed by atoms with E-state index in [0.29, 0.717) is 48.7 Å². The van der Waals surface area contributed by atoms with E-state index in [4.69, 9.17) is 20.0 Å². The standard InChI is InChI=1S/C34H30N6O2/c1-21-22(2)40(34(42)30-16-8-14-28(38-30)32-20-24-10-4-6-12-26(24)36-32)18-17-39(21)33(41)29-15-7-13-27(37-29)31-19-23-9-3-5-11-25(23)35-31/h3-16,21-22H,17-20H2,1-2H3/t21-,22-/m0/s1. The Balaban J connectivity index is 1.05. The van der Waals surface area contributed by atoms with E-state index >= 15 is 0 Å². The number of hydrogen-bond donors (Lipinski definition) is 0. The zero-order chi connectivity index (χ0) is 28.8. The number of piperazine rings is 1. The van der Waals surface area contributed by atoms with Crippen LogP contribution in [-0.4, -0.2) is 68.2 Å². The zero-order valence-corrected chi connectivity index (χ0v) is 23.6. The number of rotatable bonds is 4. The molecule has 2 atom stereocenters. The highest BCUT2D eigenvalue weighted by Crippen LogP contribution is 2.29. The van der Waals surface area contributed by atoms with Crippen molar-refractivity contribution in [1.29, 1.82) is 0 Å². The number of nitrogens with zero attached hydrogens (tertiary/aromatic N) is 6. The maximum absolute atomic E-state index is 13.7. The van der Waals surface area contributed by atoms with E-state index in [-0.39, 0.29) is 23.9 Å². The first-order valence-corrected chi connectivity index (χ1v) is 14.3. The summed E-state index contributed by atoms with van der Waals surface area (Å²) in [6.45, 7) is 4.79. The van der Waals surface area contributed by atoms with Crippen molar-refractivity contribution in [3.63, 3.8) is 0 Å². The quantitative estimate of drug-likeness (QED) is 0.347. The largest absolute Gasteiger partial charge is 0.331 e. The average molecular weight is 555 g/mol. The minimum absolute atomic E-state index is 0.140. The van der Waals surface area contributed by atoms with Gasteiger partial charge in [0, 0.05) is 38.0 Å². The number of carbonyl (C=O) groups is 2. The molecule has 2 aromatic heterocycles. The number of benzene rings is 2. The summed E-state index contributed by atoms with van der Waals surface area (Å²) in [5.74, 6) is -0.281. The normalized spacial score (nSPS) is 19.2. The molecular formula is C34H30N6O2. The number of para-hydroxylation sites is 2. The first-order chi connectivity index (χ1) is 20.5. The maximum atomic E-state index is 13.7. The van der Waals surface area contributed by atoms with Crippen LogP contribution in [0.25, 0.3) is 0 Å². The molecule has 0 radical (unpaired) electrons. The van der Waals surface area contributed by atoms with Crippen LogP contribution < -0.4 is 0 Å². The second kappa shape index (κ2) is 10.4. The molecular weight excluding hydrogens is 524 g/mol. The number of aromatic nitrogens is 2. The SMILES string of the molecule is C[C@H]1[C@H](C)N(C(=O)c2cccc(C3=Nc4ccccc4C3)n2)CCN1C(=O)c1cccc(C2=Nc3ccccc3C2)n1. The summed E-state index contributed by atoms with van der Waals surface area (Å²) in [6, 6.07) is 26.7. The molecule has 1 saturated heterocycles. The molecule has 208 valence electrons. The van der Waals surface area contributed by atoms with Gasteiger partial charge in [0.05, 0.1) is 34.2 Å². The van der Waals surface area contributed by atoms with Gasteiger partial charge < -0.3 is 9.80 Å². The third kappa shape index (κ3) is 4.59. The van der Waals surface area contributed by atoms with Crippen molar-refractivity contribution in [1.82, 2.24) is 19.8 Å². The van der Waals surface area contributed by atoms with Gasteiger partial charge in [-0.2, -0.15) is 0 Å². The minimum atomic E-state index is -0.203. The molecule has 0 unspecified atom stereocenters. The van der Waals surface area contributed by atoms with Gasteiger partial charge in [-0.1, -0.05) is 48.5 Å². The Labute approximate surface area is 244 Å². The second-order valence-electron chi connectivity index (χ2n) is 11.0. The number of amides is 2. The van der Waals surface area contributed by atoms with Crippen molar-refractivity contribution in [3.8, 4) is 0 Å². The summed E-state index contributed by atoms with van der Waals surface area (Å²) in [5, 5.41) is 0. The van der Waals surface area contributed by atoms with Crippen LogP contribution in [0.1, 0.15) is 57.3 Å². The van der Waals surface area contributed by atoms with E-state index in [0.717, 1.165) is 33.9 Å². The number of fused-ring (bicyclic) bond motifs is 2. The maximum Gasteiger partial charge on any atom is 0.272 e. The lowest BCUT2D eigenvalue weighted by molar-refractivity contribution is 0.0235. The molecule has 7 rings (SSSR count). The second-order valence-corrected chi connectivity index (χ2v) is 11.0. The molecule has 2 aromatic carbocycles. The summed E-state index contributed by atoms with van der Waals surface area (Å²) in [5.41, 5.74) is 8.17. The molecule has 2 amide bonds. The molecule has 1 fully saturated rings. The third-order valence-electron chi connectivity index (χ3n) is 8.52. The van der Waals surface area contributed by atoms with Gasteiger partial charge >= 0.3 is 0 Å². The molecule has 0 aliphatic carbocycles. The van der Waals surface area contributed by atoms with Gasteiger partial charge in [-0.25, -0.2) is 9.97 Å². The number of carbonyl (C=O) groups excluding carboxylic acids is 2. The van der Waals surface area contributed by atoms with Gasteiger partial charge in [-0.05, 0) is 61.4 Å². The van der Waals surface area contributed by atoms with Crippen molar-refractivity contribution >= 4 is 34.6 Å². The van der Waals surface area contributed by atoms with Crippen LogP contribution in [0.5, 0.6) is 0 Å². The highest BCUT2D eigenvalue weighted by molar-refractivity contribution is 6.07. The molecule has 8 nitrogen and oxygen atoms in total. The summed E-state index contributed by atoms with van der Waals surface area (Å²) >= 11 is 0. The summed E-state index contributed by atoms with van der Waals surface area (Å²) in [4.78, 5) is 49.9. The monoisotopic (exact) mass is 554 g/mol. The zero-order valence-electron chi connectivity index (χ0n) is 23.6. The molecule has 0 saturated carbocycles. The summed E-state index contributed by atoms with van der Waals surface area (Å²) in [7, 11) is 0. The van der Waals surface area contributed by atoms with Gasteiger partial charge in [-0.3, -0.25) is 19.6 Å². The fourth-order valence-corrected chi connectivity index (χ4v) is 6.01. The Morgan fingerprint density at radius 1 is 0.595 bits per heavy atom. The Bertz CT molecular complexity index is 1660. The fourth-order valence-electron chi connectivity index (χ4n) is 6.01. The first-order valence-electron chi connectivity index (χ1n) is 14.3. The van der Waals surface area contributed by atoms with Crippen molar-refractivity contribution in [3.05, 3.63) is 119 Å². The Kier molecular flexibility index (Phi) is 6.46. The Morgan fingerprint density at radius 3 is 1.45 bits per heavy atom. The smallest absolute Gasteiger partial charge is 0.272 e. The molecule has 8 heteroatoms. The highest BCUT2D eigenvalue weighted by atomic mass is 16.2. The van der Waals surface area contributed by atoms with Crippen LogP contribution in [-0.2, 0) is 12.8 Å². The van der Waals surface area contributed by atoms with Gasteiger partial charge in [0.15, 0.2) is 0 Å². The lowest BCUT2D eigenvalue weighted by atomic mass is 10.0. The van der Waals surface area contributed by atoms with E-state index in [9.17, 15) is 9.59 Å². The van der Waals surface area contributed by atoms with Gasteiger partial charge in [0.1, 0.15) is 11.4 Å². The van der Waals surface area contributed by atoms with Crippen molar-refractivity contribution in [2.75, 3.05) is 13.1 Å². The van der Waals surface area contributed by atoms with Crippen LogP contribution in [0, 0.1) is 0 Å². The predicted octanol–water partition coefficient (Wildman–Crippen LogP) is 5.21. The number of aliphatic imine (C=N–C) groups is 2. The third-order valence-corrected chi connectivity index (χ3v) is 8.52. The molecule has 4 aromatic rings.